The van der Waals surface area contributed by atoms with Gasteiger partial charge in [0.15, 0.2) is 5.96 Å². The standard InChI is InChI=1S/C19H31N7.HI/c1-2-20-18(23-14-16-6-9-26(15-16)17-4-5-17)24-10-12-25(13-11-24)19-21-7-3-8-22-19;/h3,7-8,16-17H,2,4-6,9-15H2,1H3,(H,20,23);1H. The predicted molar refractivity (Wildman–Crippen MR) is 120 cm³/mol. The fourth-order valence-corrected chi connectivity index (χ4v) is 4.00. The van der Waals surface area contributed by atoms with Crippen molar-refractivity contribution in [3.63, 3.8) is 0 Å². The summed E-state index contributed by atoms with van der Waals surface area (Å²) in [6.07, 6.45) is 7.75. The van der Waals surface area contributed by atoms with Gasteiger partial charge in [0.25, 0.3) is 0 Å². The number of guanidine groups is 1. The first-order valence-electron chi connectivity index (χ1n) is 10.1. The van der Waals surface area contributed by atoms with E-state index in [0.29, 0.717) is 0 Å². The van der Waals surface area contributed by atoms with Crippen LogP contribution in [0.3, 0.4) is 0 Å². The Balaban J connectivity index is 0.00000210. The molecule has 3 fully saturated rings. The van der Waals surface area contributed by atoms with Gasteiger partial charge in [-0.05, 0) is 44.7 Å². The molecule has 7 nitrogen and oxygen atoms in total. The molecule has 3 aliphatic rings. The highest BCUT2D eigenvalue weighted by Crippen LogP contribution is 2.31. The summed E-state index contributed by atoms with van der Waals surface area (Å²) in [5.74, 6) is 2.63. The number of hydrogen-bond donors (Lipinski definition) is 1. The molecule has 4 rings (SSSR count). The van der Waals surface area contributed by atoms with E-state index >= 15 is 0 Å². The van der Waals surface area contributed by atoms with Gasteiger partial charge in [-0.3, -0.25) is 4.99 Å². The highest BCUT2D eigenvalue weighted by molar-refractivity contribution is 14.0. The van der Waals surface area contributed by atoms with E-state index in [0.717, 1.165) is 63.1 Å². The van der Waals surface area contributed by atoms with Crippen LogP contribution in [0.15, 0.2) is 23.5 Å². The SMILES string of the molecule is CCNC(=NCC1CCN(C2CC2)C1)N1CCN(c2ncccn2)CC1.I. The van der Waals surface area contributed by atoms with Crippen LogP contribution < -0.4 is 10.2 Å². The first kappa shape index (κ1) is 20.6. The second kappa shape index (κ2) is 9.86. The molecule has 1 N–H and O–H groups in total. The van der Waals surface area contributed by atoms with Crippen molar-refractivity contribution in [2.75, 3.05) is 57.3 Å². The van der Waals surface area contributed by atoms with E-state index in [9.17, 15) is 0 Å². The molecule has 1 unspecified atom stereocenters. The van der Waals surface area contributed by atoms with Crippen LogP contribution in [0.4, 0.5) is 5.95 Å². The summed E-state index contributed by atoms with van der Waals surface area (Å²) < 4.78 is 0. The van der Waals surface area contributed by atoms with Crippen molar-refractivity contribution in [3.8, 4) is 0 Å². The summed E-state index contributed by atoms with van der Waals surface area (Å²) in [6.45, 7) is 10.3. The maximum Gasteiger partial charge on any atom is 0.225 e. The van der Waals surface area contributed by atoms with Gasteiger partial charge in [0.1, 0.15) is 0 Å². The van der Waals surface area contributed by atoms with E-state index < -0.39 is 0 Å². The number of halogens is 1. The van der Waals surface area contributed by atoms with Crippen molar-refractivity contribution in [1.29, 1.82) is 0 Å². The van der Waals surface area contributed by atoms with E-state index in [4.69, 9.17) is 4.99 Å². The van der Waals surface area contributed by atoms with Crippen LogP contribution >= 0.6 is 24.0 Å². The normalized spacial score (nSPS) is 24.0. The minimum Gasteiger partial charge on any atom is -0.357 e. The molecule has 1 aromatic rings. The van der Waals surface area contributed by atoms with Gasteiger partial charge in [-0.15, -0.1) is 24.0 Å². The summed E-state index contributed by atoms with van der Waals surface area (Å²) in [6, 6.07) is 2.76. The van der Waals surface area contributed by atoms with Gasteiger partial charge in [-0.1, -0.05) is 0 Å². The summed E-state index contributed by atoms with van der Waals surface area (Å²) in [4.78, 5) is 21.0. The number of piperazine rings is 1. The van der Waals surface area contributed by atoms with Gasteiger partial charge in [0.2, 0.25) is 5.95 Å². The van der Waals surface area contributed by atoms with Crippen molar-refractivity contribution in [2.24, 2.45) is 10.9 Å². The van der Waals surface area contributed by atoms with E-state index in [1.54, 1.807) is 0 Å². The molecule has 27 heavy (non-hydrogen) atoms. The average Bonchev–Trinajstić information content (AvgIpc) is 3.44. The third-order valence-electron chi connectivity index (χ3n) is 5.63. The lowest BCUT2D eigenvalue weighted by Gasteiger charge is -2.36. The summed E-state index contributed by atoms with van der Waals surface area (Å²) in [7, 11) is 0. The molecule has 1 atom stereocenters. The Morgan fingerprint density at radius 3 is 2.52 bits per heavy atom. The predicted octanol–water partition coefficient (Wildman–Crippen LogP) is 1.67. The lowest BCUT2D eigenvalue weighted by Crippen LogP contribution is -2.53. The van der Waals surface area contributed by atoms with Crippen LogP contribution in [0.2, 0.25) is 0 Å². The van der Waals surface area contributed by atoms with Crippen molar-refractivity contribution in [2.45, 2.75) is 32.2 Å². The molecule has 0 bridgehead atoms. The van der Waals surface area contributed by atoms with Crippen molar-refractivity contribution in [3.05, 3.63) is 18.5 Å². The number of rotatable bonds is 5. The fourth-order valence-electron chi connectivity index (χ4n) is 4.00. The number of aromatic nitrogens is 2. The average molecular weight is 485 g/mol. The van der Waals surface area contributed by atoms with Gasteiger partial charge >= 0.3 is 0 Å². The van der Waals surface area contributed by atoms with E-state index in [1.807, 2.05) is 18.5 Å². The number of anilines is 1. The largest absolute Gasteiger partial charge is 0.357 e. The Labute approximate surface area is 179 Å². The highest BCUT2D eigenvalue weighted by atomic mass is 127. The van der Waals surface area contributed by atoms with Gasteiger partial charge in [0.05, 0.1) is 0 Å². The summed E-state index contributed by atoms with van der Waals surface area (Å²) in [5, 5.41) is 3.49. The second-order valence-corrected chi connectivity index (χ2v) is 7.60. The Bertz CT molecular complexity index is 599. The number of nitrogens with one attached hydrogen (secondary N) is 1. The van der Waals surface area contributed by atoms with Crippen molar-refractivity contribution < 1.29 is 0 Å². The second-order valence-electron chi connectivity index (χ2n) is 7.60. The van der Waals surface area contributed by atoms with Crippen LogP contribution in [0.1, 0.15) is 26.2 Å². The lowest BCUT2D eigenvalue weighted by atomic mass is 10.1. The molecule has 1 saturated carbocycles. The molecule has 1 aromatic heterocycles. The Morgan fingerprint density at radius 2 is 1.85 bits per heavy atom. The first-order valence-corrected chi connectivity index (χ1v) is 10.1. The zero-order valence-corrected chi connectivity index (χ0v) is 18.6. The lowest BCUT2D eigenvalue weighted by molar-refractivity contribution is 0.315. The van der Waals surface area contributed by atoms with E-state index in [1.165, 1.54) is 32.4 Å². The number of likely N-dealkylation sites (tertiary alicyclic amines) is 1. The zero-order valence-electron chi connectivity index (χ0n) is 16.3. The molecule has 0 amide bonds. The maximum absolute atomic E-state index is 4.99. The van der Waals surface area contributed by atoms with Crippen LogP contribution in [0.5, 0.6) is 0 Å². The Hall–Kier alpha value is -1.16. The quantitative estimate of drug-likeness (QED) is 0.389. The fraction of sp³-hybridized carbons (Fsp3) is 0.737. The smallest absolute Gasteiger partial charge is 0.225 e. The summed E-state index contributed by atoms with van der Waals surface area (Å²) in [5.41, 5.74) is 0. The van der Waals surface area contributed by atoms with E-state index in [2.05, 4.69) is 36.9 Å². The monoisotopic (exact) mass is 485 g/mol. The van der Waals surface area contributed by atoms with Gasteiger partial charge in [0, 0.05) is 64.2 Å². The highest BCUT2D eigenvalue weighted by Gasteiger charge is 2.34. The van der Waals surface area contributed by atoms with Crippen LogP contribution in [0, 0.1) is 5.92 Å². The van der Waals surface area contributed by atoms with Crippen molar-refractivity contribution in [1.82, 2.24) is 25.1 Å². The molecular formula is C19H32IN7. The molecule has 2 saturated heterocycles. The molecule has 3 heterocycles. The van der Waals surface area contributed by atoms with Crippen LogP contribution in [-0.2, 0) is 0 Å². The summed E-state index contributed by atoms with van der Waals surface area (Å²) >= 11 is 0. The molecule has 0 spiro atoms. The molecule has 2 aliphatic heterocycles. The molecule has 150 valence electrons. The number of aliphatic imine (C=N–C) groups is 1. The maximum atomic E-state index is 4.99. The minimum absolute atomic E-state index is 0. The molecule has 0 aromatic carbocycles. The molecular weight excluding hydrogens is 453 g/mol. The van der Waals surface area contributed by atoms with E-state index in [-0.39, 0.29) is 24.0 Å². The zero-order chi connectivity index (χ0) is 17.8. The third kappa shape index (κ3) is 5.43. The van der Waals surface area contributed by atoms with Crippen LogP contribution in [0.25, 0.3) is 0 Å². The molecule has 0 radical (unpaired) electrons. The van der Waals surface area contributed by atoms with Crippen molar-refractivity contribution >= 4 is 35.9 Å². The molecule has 1 aliphatic carbocycles. The van der Waals surface area contributed by atoms with Gasteiger partial charge in [-0.2, -0.15) is 0 Å². The number of hydrogen-bond acceptors (Lipinski definition) is 5. The van der Waals surface area contributed by atoms with Gasteiger partial charge < -0.3 is 20.0 Å². The Morgan fingerprint density at radius 1 is 1.11 bits per heavy atom. The Kier molecular flexibility index (Phi) is 7.51. The molecule has 8 heteroatoms. The topological polar surface area (TPSA) is 59.9 Å². The van der Waals surface area contributed by atoms with Crippen LogP contribution in [-0.4, -0.2) is 84.1 Å². The third-order valence-corrected chi connectivity index (χ3v) is 5.63. The first-order chi connectivity index (χ1) is 12.8. The van der Waals surface area contributed by atoms with Gasteiger partial charge in [-0.25, -0.2) is 9.97 Å². The minimum atomic E-state index is 0. The number of nitrogens with zero attached hydrogens (tertiary/aromatic N) is 6.